The van der Waals surface area contributed by atoms with E-state index in [0.29, 0.717) is 13.2 Å². The Kier molecular flexibility index (Phi) is 10.3. The third-order valence-corrected chi connectivity index (χ3v) is 4.71. The van der Waals surface area contributed by atoms with Crippen molar-refractivity contribution in [2.45, 2.75) is 12.5 Å². The van der Waals surface area contributed by atoms with Crippen LogP contribution in [0.15, 0.2) is 0 Å². The van der Waals surface area contributed by atoms with Gasteiger partial charge in [-0.15, -0.1) is 0 Å². The number of hydrogen-bond donors (Lipinski definition) is 0. The molecule has 0 bridgehead atoms. The number of nitrogens with zero attached hydrogens (tertiary/aromatic N) is 4. The van der Waals surface area contributed by atoms with Crippen molar-refractivity contribution in [2.75, 3.05) is 107 Å². The standard InChI is InChI=1S/C18H38N4O4/c1-19(2)5-15-25-17(21-7-11-23-12-8-21)18(26-16-6-20(3)4)22-9-13-24-14-10-22/h17-18H,5-16H2,1-4H3. The van der Waals surface area contributed by atoms with Crippen molar-refractivity contribution in [3.63, 3.8) is 0 Å². The molecule has 2 atom stereocenters. The van der Waals surface area contributed by atoms with Crippen LogP contribution in [0.5, 0.6) is 0 Å². The smallest absolute Gasteiger partial charge is 0.151 e. The predicted octanol–water partition coefficient (Wildman–Crippen LogP) is -0.541. The summed E-state index contributed by atoms with van der Waals surface area (Å²) in [6.07, 6.45) is -0.168. The third-order valence-electron chi connectivity index (χ3n) is 4.71. The molecule has 2 fully saturated rings. The van der Waals surface area contributed by atoms with E-state index in [1.54, 1.807) is 0 Å². The summed E-state index contributed by atoms with van der Waals surface area (Å²) < 4.78 is 23.8. The maximum atomic E-state index is 6.37. The number of hydrogen-bond acceptors (Lipinski definition) is 8. The van der Waals surface area contributed by atoms with Crippen LogP contribution in [0, 0.1) is 0 Å². The van der Waals surface area contributed by atoms with E-state index in [1.807, 2.05) is 0 Å². The van der Waals surface area contributed by atoms with Crippen molar-refractivity contribution in [3.8, 4) is 0 Å². The summed E-state index contributed by atoms with van der Waals surface area (Å²) in [5, 5.41) is 0. The van der Waals surface area contributed by atoms with Gasteiger partial charge in [0.1, 0.15) is 0 Å². The molecule has 0 aromatic rings. The maximum Gasteiger partial charge on any atom is 0.151 e. The van der Waals surface area contributed by atoms with E-state index in [4.69, 9.17) is 18.9 Å². The van der Waals surface area contributed by atoms with Gasteiger partial charge in [0, 0.05) is 39.3 Å². The minimum Gasteiger partial charge on any atom is -0.379 e. The fourth-order valence-corrected chi connectivity index (χ4v) is 3.11. The lowest BCUT2D eigenvalue weighted by molar-refractivity contribution is -0.217. The second-order valence-corrected chi connectivity index (χ2v) is 7.43. The molecule has 0 amide bonds. The van der Waals surface area contributed by atoms with Gasteiger partial charge in [-0.3, -0.25) is 9.80 Å². The van der Waals surface area contributed by atoms with Gasteiger partial charge in [-0.2, -0.15) is 0 Å². The van der Waals surface area contributed by atoms with Crippen molar-refractivity contribution in [1.29, 1.82) is 0 Å². The van der Waals surface area contributed by atoms with Gasteiger partial charge in [-0.25, -0.2) is 0 Å². The highest BCUT2D eigenvalue weighted by Gasteiger charge is 2.35. The number of ether oxygens (including phenoxy) is 4. The lowest BCUT2D eigenvalue weighted by atomic mass is 10.3. The van der Waals surface area contributed by atoms with Crippen LogP contribution >= 0.6 is 0 Å². The van der Waals surface area contributed by atoms with Crippen LogP contribution in [-0.2, 0) is 18.9 Å². The van der Waals surface area contributed by atoms with Gasteiger partial charge in [0.05, 0.1) is 39.6 Å². The first-order valence-corrected chi connectivity index (χ1v) is 9.74. The summed E-state index contributed by atoms with van der Waals surface area (Å²) in [7, 11) is 8.28. The zero-order chi connectivity index (χ0) is 18.8. The molecule has 26 heavy (non-hydrogen) atoms. The average molecular weight is 375 g/mol. The predicted molar refractivity (Wildman–Crippen MR) is 101 cm³/mol. The molecule has 2 unspecified atom stereocenters. The molecule has 0 aliphatic carbocycles. The largest absolute Gasteiger partial charge is 0.379 e. The Bertz CT molecular complexity index is 327. The molecule has 154 valence electrons. The lowest BCUT2D eigenvalue weighted by Gasteiger charge is -2.44. The number of morpholine rings is 2. The average Bonchev–Trinajstić information content (AvgIpc) is 2.64. The highest BCUT2D eigenvalue weighted by atomic mass is 16.6. The lowest BCUT2D eigenvalue weighted by Crippen LogP contribution is -2.59. The van der Waals surface area contributed by atoms with Crippen molar-refractivity contribution in [3.05, 3.63) is 0 Å². The molecule has 0 spiro atoms. The van der Waals surface area contributed by atoms with Crippen LogP contribution in [0.3, 0.4) is 0 Å². The summed E-state index contributed by atoms with van der Waals surface area (Å²) in [6.45, 7) is 9.69. The molecule has 2 heterocycles. The second kappa shape index (κ2) is 12.2. The van der Waals surface area contributed by atoms with Gasteiger partial charge >= 0.3 is 0 Å². The minimum absolute atomic E-state index is 0.0842. The Morgan fingerprint density at radius 1 is 0.692 bits per heavy atom. The summed E-state index contributed by atoms with van der Waals surface area (Å²) in [4.78, 5) is 9.03. The monoisotopic (exact) mass is 374 g/mol. The molecule has 0 N–H and O–H groups in total. The Morgan fingerprint density at radius 2 is 1.04 bits per heavy atom. The zero-order valence-corrected chi connectivity index (χ0v) is 17.1. The van der Waals surface area contributed by atoms with Crippen LogP contribution in [0.4, 0.5) is 0 Å². The van der Waals surface area contributed by atoms with Crippen molar-refractivity contribution in [2.24, 2.45) is 0 Å². The van der Waals surface area contributed by atoms with E-state index in [-0.39, 0.29) is 12.5 Å². The molecule has 0 aromatic carbocycles. The van der Waals surface area contributed by atoms with E-state index in [9.17, 15) is 0 Å². The first-order valence-electron chi connectivity index (χ1n) is 9.74. The molecule has 0 radical (unpaired) electrons. The molecule has 2 aliphatic rings. The third kappa shape index (κ3) is 7.74. The van der Waals surface area contributed by atoms with E-state index in [1.165, 1.54) is 0 Å². The summed E-state index contributed by atoms with van der Waals surface area (Å²) in [6, 6.07) is 0. The fraction of sp³-hybridized carbons (Fsp3) is 1.00. The van der Waals surface area contributed by atoms with Crippen molar-refractivity contribution >= 4 is 0 Å². The maximum absolute atomic E-state index is 6.37. The number of likely N-dealkylation sites (N-methyl/N-ethyl adjacent to an activating group) is 2. The highest BCUT2D eigenvalue weighted by molar-refractivity contribution is 4.78. The van der Waals surface area contributed by atoms with Gasteiger partial charge in [-0.05, 0) is 28.2 Å². The highest BCUT2D eigenvalue weighted by Crippen LogP contribution is 2.18. The van der Waals surface area contributed by atoms with Crippen LogP contribution in [0.25, 0.3) is 0 Å². The molecule has 2 aliphatic heterocycles. The second-order valence-electron chi connectivity index (χ2n) is 7.43. The molecule has 0 saturated carbocycles. The van der Waals surface area contributed by atoms with E-state index >= 15 is 0 Å². The molecule has 8 heteroatoms. The van der Waals surface area contributed by atoms with E-state index < -0.39 is 0 Å². The van der Waals surface area contributed by atoms with Crippen LogP contribution in [0.2, 0.25) is 0 Å². The molecule has 2 saturated heterocycles. The first-order chi connectivity index (χ1) is 12.6. The van der Waals surface area contributed by atoms with Crippen molar-refractivity contribution < 1.29 is 18.9 Å². The first kappa shape index (κ1) is 22.0. The van der Waals surface area contributed by atoms with Crippen LogP contribution < -0.4 is 0 Å². The van der Waals surface area contributed by atoms with Gasteiger partial charge in [0.15, 0.2) is 12.5 Å². The summed E-state index contributed by atoms with van der Waals surface area (Å²) >= 11 is 0. The Morgan fingerprint density at radius 3 is 1.35 bits per heavy atom. The topological polar surface area (TPSA) is 49.9 Å². The normalized spacial score (nSPS) is 22.8. The van der Waals surface area contributed by atoms with Gasteiger partial charge in [0.2, 0.25) is 0 Å². The Hall–Kier alpha value is -0.320. The Labute approximate surface area is 158 Å². The van der Waals surface area contributed by atoms with Gasteiger partial charge in [0.25, 0.3) is 0 Å². The fourth-order valence-electron chi connectivity index (χ4n) is 3.11. The summed E-state index contributed by atoms with van der Waals surface area (Å²) in [5.74, 6) is 0. The van der Waals surface area contributed by atoms with Gasteiger partial charge in [-0.1, -0.05) is 0 Å². The molecular formula is C18H38N4O4. The number of rotatable bonds is 11. The summed E-state index contributed by atoms with van der Waals surface area (Å²) in [5.41, 5.74) is 0. The Balaban J connectivity index is 2.05. The van der Waals surface area contributed by atoms with E-state index in [2.05, 4.69) is 47.8 Å². The molecular weight excluding hydrogens is 336 g/mol. The SMILES string of the molecule is CN(C)CCOC(C(OCCN(C)C)N1CCOCC1)N1CCOCC1. The van der Waals surface area contributed by atoms with Gasteiger partial charge < -0.3 is 28.7 Å². The van der Waals surface area contributed by atoms with Crippen LogP contribution in [-0.4, -0.2) is 139 Å². The quantitative estimate of drug-likeness (QED) is 0.478. The molecule has 0 aromatic heterocycles. The van der Waals surface area contributed by atoms with Crippen LogP contribution in [0.1, 0.15) is 0 Å². The molecule has 2 rings (SSSR count). The minimum atomic E-state index is -0.0842. The zero-order valence-electron chi connectivity index (χ0n) is 17.1. The molecule has 8 nitrogen and oxygen atoms in total. The van der Waals surface area contributed by atoms with E-state index in [0.717, 1.165) is 65.7 Å². The van der Waals surface area contributed by atoms with Crippen molar-refractivity contribution in [1.82, 2.24) is 19.6 Å².